The van der Waals surface area contributed by atoms with Gasteiger partial charge in [0.2, 0.25) is 0 Å². The lowest BCUT2D eigenvalue weighted by molar-refractivity contribution is -0.149. The molecule has 1 N–H and O–H groups in total. The second-order valence-electron chi connectivity index (χ2n) is 9.85. The number of rotatable bonds is 10. The third kappa shape index (κ3) is 6.64. The van der Waals surface area contributed by atoms with Crippen molar-refractivity contribution in [3.8, 4) is 27.6 Å². The fourth-order valence-corrected chi connectivity index (χ4v) is 4.72. The molecule has 2 heterocycles. The number of hydrogen-bond donors (Lipinski definition) is 1. The summed E-state index contributed by atoms with van der Waals surface area (Å²) < 4.78 is 16.8. The van der Waals surface area contributed by atoms with Gasteiger partial charge in [-0.25, -0.2) is 9.78 Å². The number of hydrogen-bond acceptors (Lipinski definition) is 7. The topological polar surface area (TPSA) is 94.7 Å². The van der Waals surface area contributed by atoms with Crippen LogP contribution < -0.4 is 4.74 Å². The van der Waals surface area contributed by atoms with Crippen molar-refractivity contribution in [1.29, 1.82) is 0 Å². The number of aliphatic carboxylic acids is 1. The van der Waals surface area contributed by atoms with Crippen LogP contribution in [0, 0.1) is 6.92 Å². The Hall–Kier alpha value is -3.49. The van der Waals surface area contributed by atoms with E-state index in [1.165, 1.54) is 0 Å². The second kappa shape index (κ2) is 11.3. The molecule has 4 rings (SSSR count). The van der Waals surface area contributed by atoms with E-state index in [1.807, 2.05) is 49.4 Å². The van der Waals surface area contributed by atoms with Crippen LogP contribution in [0.2, 0.25) is 0 Å². The Morgan fingerprint density at radius 3 is 2.35 bits per heavy atom. The van der Waals surface area contributed by atoms with Gasteiger partial charge in [-0.05, 0) is 31.5 Å². The molecule has 194 valence electrons. The van der Waals surface area contributed by atoms with Crippen molar-refractivity contribution in [3.05, 3.63) is 76.5 Å². The summed E-state index contributed by atoms with van der Waals surface area (Å²) in [6.45, 7) is 10.8. The van der Waals surface area contributed by atoms with Crippen molar-refractivity contribution >= 4 is 17.3 Å². The molecule has 0 amide bonds. The summed E-state index contributed by atoms with van der Waals surface area (Å²) >= 11 is 1.61. The predicted octanol–water partition coefficient (Wildman–Crippen LogP) is 6.68. The molecule has 0 saturated carbocycles. The number of carboxylic acid groups (broad SMARTS) is 1. The Bertz CT molecular complexity index is 1330. The minimum atomic E-state index is -0.957. The standard InChI is InChI=1S/C29H32N2O5S/c1-6-34-24(28(32)33)15-19-7-13-22(14-8-19)35-17-25-18(2)30-27(37-25)21-11-9-20(10-12-21)23-16-26(36-31-23)29(3,4)5/h7-14,16,24H,6,15,17H2,1-5H3,(H,32,33)/t24-/m0/s1. The van der Waals surface area contributed by atoms with Crippen LogP contribution >= 0.6 is 11.3 Å². The highest BCUT2D eigenvalue weighted by molar-refractivity contribution is 7.15. The summed E-state index contributed by atoms with van der Waals surface area (Å²) in [7, 11) is 0. The minimum Gasteiger partial charge on any atom is -0.488 e. The highest BCUT2D eigenvalue weighted by Gasteiger charge is 2.20. The summed E-state index contributed by atoms with van der Waals surface area (Å²) in [5.74, 6) is 0.616. The maximum Gasteiger partial charge on any atom is 0.333 e. The van der Waals surface area contributed by atoms with E-state index in [2.05, 4.69) is 38.1 Å². The predicted molar refractivity (Wildman–Crippen MR) is 144 cm³/mol. The first-order valence-electron chi connectivity index (χ1n) is 12.2. The van der Waals surface area contributed by atoms with Gasteiger partial charge >= 0.3 is 5.97 Å². The molecule has 4 aromatic rings. The monoisotopic (exact) mass is 520 g/mol. The second-order valence-corrected chi connectivity index (χ2v) is 10.9. The van der Waals surface area contributed by atoms with Crippen LogP contribution in [-0.2, 0) is 28.0 Å². The van der Waals surface area contributed by atoms with Gasteiger partial charge in [0, 0.05) is 35.6 Å². The third-order valence-electron chi connectivity index (χ3n) is 5.93. The van der Waals surface area contributed by atoms with E-state index in [9.17, 15) is 9.90 Å². The number of carbonyl (C=O) groups is 1. The highest BCUT2D eigenvalue weighted by Crippen LogP contribution is 2.32. The number of ether oxygens (including phenoxy) is 2. The van der Waals surface area contributed by atoms with E-state index < -0.39 is 12.1 Å². The molecule has 0 bridgehead atoms. The first-order valence-corrected chi connectivity index (χ1v) is 13.1. The fraction of sp³-hybridized carbons (Fsp3) is 0.345. The van der Waals surface area contributed by atoms with Crippen LogP contribution in [0.15, 0.2) is 59.1 Å². The van der Waals surface area contributed by atoms with Crippen molar-refractivity contribution < 1.29 is 23.9 Å². The molecule has 7 nitrogen and oxygen atoms in total. The lowest BCUT2D eigenvalue weighted by Crippen LogP contribution is -2.26. The first kappa shape index (κ1) is 26.6. The van der Waals surface area contributed by atoms with Crippen molar-refractivity contribution in [2.75, 3.05) is 6.61 Å². The normalized spacial score (nSPS) is 12.5. The van der Waals surface area contributed by atoms with Crippen LogP contribution in [0.3, 0.4) is 0 Å². The lowest BCUT2D eigenvalue weighted by atomic mass is 9.93. The quantitative estimate of drug-likeness (QED) is 0.249. The Morgan fingerprint density at radius 2 is 1.76 bits per heavy atom. The van der Waals surface area contributed by atoms with Gasteiger partial charge in [-0.15, -0.1) is 11.3 Å². The minimum absolute atomic E-state index is 0.0862. The van der Waals surface area contributed by atoms with Gasteiger partial charge in [-0.1, -0.05) is 62.3 Å². The van der Waals surface area contributed by atoms with Gasteiger partial charge in [-0.3, -0.25) is 0 Å². The van der Waals surface area contributed by atoms with Gasteiger partial charge in [0.1, 0.15) is 28.8 Å². The molecule has 0 fully saturated rings. The zero-order valence-corrected chi connectivity index (χ0v) is 22.6. The van der Waals surface area contributed by atoms with Crippen LogP contribution in [0.4, 0.5) is 0 Å². The summed E-state index contributed by atoms with van der Waals surface area (Å²) in [5.41, 5.74) is 4.59. The molecule has 2 aromatic carbocycles. The number of aromatic nitrogens is 2. The zero-order chi connectivity index (χ0) is 26.6. The van der Waals surface area contributed by atoms with E-state index in [-0.39, 0.29) is 5.41 Å². The number of nitrogens with zero attached hydrogens (tertiary/aromatic N) is 2. The van der Waals surface area contributed by atoms with Crippen molar-refractivity contribution in [2.24, 2.45) is 0 Å². The van der Waals surface area contributed by atoms with Crippen LogP contribution in [0.25, 0.3) is 21.8 Å². The molecule has 0 aliphatic carbocycles. The molecule has 0 unspecified atom stereocenters. The van der Waals surface area contributed by atoms with Gasteiger partial charge in [0.05, 0.1) is 10.6 Å². The molecule has 8 heteroatoms. The van der Waals surface area contributed by atoms with Crippen molar-refractivity contribution in [3.63, 3.8) is 0 Å². The Kier molecular flexibility index (Phi) is 8.10. The Labute approximate surface area is 221 Å². The molecule has 0 aliphatic rings. The van der Waals surface area contributed by atoms with E-state index in [0.717, 1.165) is 43.7 Å². The van der Waals surface area contributed by atoms with E-state index in [4.69, 9.17) is 19.0 Å². The van der Waals surface area contributed by atoms with Gasteiger partial charge < -0.3 is 19.1 Å². The SMILES string of the molecule is CCO[C@@H](Cc1ccc(OCc2sc(-c3ccc(-c4cc(C(C)(C)C)on4)cc3)nc2C)cc1)C(=O)O. The summed E-state index contributed by atoms with van der Waals surface area (Å²) in [5, 5.41) is 14.4. The smallest absolute Gasteiger partial charge is 0.333 e. The van der Waals surface area contributed by atoms with Gasteiger partial charge in [0.25, 0.3) is 0 Å². The third-order valence-corrected chi connectivity index (χ3v) is 7.11. The van der Waals surface area contributed by atoms with Crippen molar-refractivity contribution in [2.45, 2.75) is 59.2 Å². The number of carboxylic acids is 1. The molecule has 0 saturated heterocycles. The molecular weight excluding hydrogens is 488 g/mol. The first-order chi connectivity index (χ1) is 17.6. The maximum atomic E-state index is 11.3. The molecule has 0 spiro atoms. The van der Waals surface area contributed by atoms with Gasteiger partial charge in [0.15, 0.2) is 6.10 Å². The fourth-order valence-electron chi connectivity index (χ4n) is 3.74. The molecule has 2 aromatic heterocycles. The average molecular weight is 521 g/mol. The highest BCUT2D eigenvalue weighted by atomic mass is 32.1. The number of benzene rings is 2. The van der Waals surface area contributed by atoms with Crippen LogP contribution in [0.5, 0.6) is 5.75 Å². The molecule has 37 heavy (non-hydrogen) atoms. The van der Waals surface area contributed by atoms with Crippen molar-refractivity contribution in [1.82, 2.24) is 10.1 Å². The van der Waals surface area contributed by atoms with E-state index >= 15 is 0 Å². The van der Waals surface area contributed by atoms with E-state index in [0.29, 0.717) is 25.4 Å². The molecule has 0 aliphatic heterocycles. The summed E-state index contributed by atoms with van der Waals surface area (Å²) in [6, 6.07) is 17.6. The van der Waals surface area contributed by atoms with Gasteiger partial charge in [-0.2, -0.15) is 0 Å². The van der Waals surface area contributed by atoms with Crippen LogP contribution in [-0.4, -0.2) is 33.9 Å². The Balaban J connectivity index is 1.39. The average Bonchev–Trinajstić information content (AvgIpc) is 3.51. The molecule has 0 radical (unpaired) electrons. The van der Waals surface area contributed by atoms with E-state index in [1.54, 1.807) is 18.3 Å². The lowest BCUT2D eigenvalue weighted by Gasteiger charge is -2.12. The summed E-state index contributed by atoms with van der Waals surface area (Å²) in [6.07, 6.45) is -0.533. The largest absolute Gasteiger partial charge is 0.488 e. The zero-order valence-electron chi connectivity index (χ0n) is 21.8. The summed E-state index contributed by atoms with van der Waals surface area (Å²) in [4.78, 5) is 17.1. The maximum absolute atomic E-state index is 11.3. The number of aryl methyl sites for hydroxylation is 1. The number of thiazole rings is 1. The Morgan fingerprint density at radius 1 is 1.08 bits per heavy atom. The molecule has 1 atom stereocenters. The van der Waals surface area contributed by atoms with Crippen LogP contribution in [0.1, 0.15) is 49.6 Å². The molecular formula is C29H32N2O5S.